The first kappa shape index (κ1) is 17.0. The van der Waals surface area contributed by atoms with Crippen LogP contribution in [0.5, 0.6) is 5.75 Å². The van der Waals surface area contributed by atoms with Crippen LogP contribution in [-0.4, -0.2) is 28.0 Å². The van der Waals surface area contributed by atoms with Gasteiger partial charge in [0.25, 0.3) is 5.91 Å². The molecule has 0 fully saturated rings. The number of furan rings is 1. The zero-order valence-electron chi connectivity index (χ0n) is 12.8. The topological polar surface area (TPSA) is 97.6 Å². The van der Waals surface area contributed by atoms with Gasteiger partial charge >= 0.3 is 0 Å². The highest BCUT2D eigenvalue weighted by atomic mass is 32.2. The highest BCUT2D eigenvalue weighted by Gasteiger charge is 2.22. The van der Waals surface area contributed by atoms with E-state index in [1.165, 1.54) is 31.5 Å². The average molecular weight is 338 g/mol. The maximum atomic E-state index is 12.5. The van der Waals surface area contributed by atoms with Crippen LogP contribution in [0, 0.1) is 0 Å². The van der Waals surface area contributed by atoms with E-state index in [1.54, 1.807) is 19.1 Å². The summed E-state index contributed by atoms with van der Waals surface area (Å²) in [6.07, 6.45) is 1.46. The second kappa shape index (κ2) is 7.30. The van der Waals surface area contributed by atoms with Crippen LogP contribution in [0.3, 0.4) is 0 Å². The number of carbonyl (C=O) groups excluding carboxylic acids is 1. The molecule has 0 saturated carbocycles. The Morgan fingerprint density at radius 2 is 2.09 bits per heavy atom. The first-order valence-electron chi connectivity index (χ1n) is 6.99. The van der Waals surface area contributed by atoms with E-state index in [1.807, 2.05) is 0 Å². The maximum absolute atomic E-state index is 12.5. The van der Waals surface area contributed by atoms with Gasteiger partial charge in [-0.2, -0.15) is 0 Å². The molecular weight excluding hydrogens is 320 g/mol. The van der Waals surface area contributed by atoms with Crippen molar-refractivity contribution in [3.63, 3.8) is 0 Å². The average Bonchev–Trinajstić information content (AvgIpc) is 3.06. The molecule has 23 heavy (non-hydrogen) atoms. The highest BCUT2D eigenvalue weighted by molar-refractivity contribution is 7.89. The standard InChI is InChI=1S/C15H18N2O5S/c1-3-21-13-7-6-11(15(18)16-2)9-14(13)23(19,20)17-10-12-5-4-8-22-12/h4-9,17H,3,10H2,1-2H3,(H,16,18). The molecule has 2 aromatic rings. The summed E-state index contributed by atoms with van der Waals surface area (Å²) in [4.78, 5) is 11.6. The number of hydrogen-bond donors (Lipinski definition) is 2. The van der Waals surface area contributed by atoms with Gasteiger partial charge in [0.2, 0.25) is 10.0 Å². The van der Waals surface area contributed by atoms with Crippen molar-refractivity contribution in [1.29, 1.82) is 0 Å². The Labute approximate surface area is 134 Å². The van der Waals surface area contributed by atoms with Crippen molar-refractivity contribution in [2.75, 3.05) is 13.7 Å². The lowest BCUT2D eigenvalue weighted by atomic mass is 10.2. The molecule has 0 spiro atoms. The first-order chi connectivity index (χ1) is 11.0. The van der Waals surface area contributed by atoms with E-state index in [4.69, 9.17) is 9.15 Å². The van der Waals surface area contributed by atoms with E-state index in [9.17, 15) is 13.2 Å². The van der Waals surface area contributed by atoms with Gasteiger partial charge in [0.05, 0.1) is 19.4 Å². The van der Waals surface area contributed by atoms with Crippen molar-refractivity contribution in [3.05, 3.63) is 47.9 Å². The number of ether oxygens (including phenoxy) is 1. The summed E-state index contributed by atoms with van der Waals surface area (Å²) in [5, 5.41) is 2.46. The number of nitrogens with one attached hydrogen (secondary N) is 2. The zero-order valence-corrected chi connectivity index (χ0v) is 13.6. The molecule has 1 aromatic carbocycles. The highest BCUT2D eigenvalue weighted by Crippen LogP contribution is 2.25. The van der Waals surface area contributed by atoms with Gasteiger partial charge in [-0.25, -0.2) is 13.1 Å². The fourth-order valence-electron chi connectivity index (χ4n) is 1.94. The predicted molar refractivity (Wildman–Crippen MR) is 83.7 cm³/mol. The molecule has 0 aliphatic heterocycles. The zero-order chi connectivity index (χ0) is 16.9. The lowest BCUT2D eigenvalue weighted by Crippen LogP contribution is -2.25. The first-order valence-corrected chi connectivity index (χ1v) is 8.47. The molecule has 7 nitrogen and oxygen atoms in total. The molecule has 0 saturated heterocycles. The summed E-state index contributed by atoms with van der Waals surface area (Å²) < 4.78 is 37.9. The molecule has 8 heteroatoms. The fraction of sp³-hybridized carbons (Fsp3) is 0.267. The Balaban J connectivity index is 2.34. The number of hydrogen-bond acceptors (Lipinski definition) is 5. The Morgan fingerprint density at radius 1 is 1.30 bits per heavy atom. The van der Waals surface area contributed by atoms with Gasteiger partial charge in [-0.15, -0.1) is 0 Å². The monoisotopic (exact) mass is 338 g/mol. The van der Waals surface area contributed by atoms with E-state index < -0.39 is 10.0 Å². The van der Waals surface area contributed by atoms with Crippen molar-refractivity contribution in [2.45, 2.75) is 18.4 Å². The summed E-state index contributed by atoms with van der Waals surface area (Å²) in [5.74, 6) is 0.289. The van der Waals surface area contributed by atoms with Gasteiger partial charge < -0.3 is 14.5 Å². The number of sulfonamides is 1. The van der Waals surface area contributed by atoms with Crippen LogP contribution in [0.4, 0.5) is 0 Å². The minimum absolute atomic E-state index is 0.00506. The van der Waals surface area contributed by atoms with Crippen LogP contribution in [0.15, 0.2) is 45.9 Å². The Bertz CT molecular complexity index is 769. The normalized spacial score (nSPS) is 11.2. The molecule has 124 valence electrons. The Hall–Kier alpha value is -2.32. The summed E-state index contributed by atoms with van der Waals surface area (Å²) in [6, 6.07) is 7.59. The quantitative estimate of drug-likeness (QED) is 0.797. The lowest BCUT2D eigenvalue weighted by Gasteiger charge is -2.13. The largest absolute Gasteiger partial charge is 0.492 e. The van der Waals surface area contributed by atoms with Crippen LogP contribution < -0.4 is 14.8 Å². The second-order valence-electron chi connectivity index (χ2n) is 4.58. The van der Waals surface area contributed by atoms with Gasteiger partial charge in [-0.05, 0) is 37.3 Å². The number of benzene rings is 1. The van der Waals surface area contributed by atoms with Crippen molar-refractivity contribution in [1.82, 2.24) is 10.0 Å². The molecule has 2 N–H and O–H groups in total. The minimum Gasteiger partial charge on any atom is -0.492 e. The van der Waals surface area contributed by atoms with Gasteiger partial charge in [-0.1, -0.05) is 0 Å². The molecule has 0 atom stereocenters. The van der Waals surface area contributed by atoms with Gasteiger partial charge in [-0.3, -0.25) is 4.79 Å². The van der Waals surface area contributed by atoms with Crippen LogP contribution >= 0.6 is 0 Å². The predicted octanol–water partition coefficient (Wildman–Crippen LogP) is 1.52. The maximum Gasteiger partial charge on any atom is 0.251 e. The van der Waals surface area contributed by atoms with E-state index in [0.717, 1.165) is 0 Å². The number of amides is 1. The van der Waals surface area contributed by atoms with E-state index in [0.29, 0.717) is 12.4 Å². The number of rotatable bonds is 7. The lowest BCUT2D eigenvalue weighted by molar-refractivity contribution is 0.0963. The Morgan fingerprint density at radius 3 is 2.70 bits per heavy atom. The molecule has 0 radical (unpaired) electrons. The molecule has 0 aliphatic rings. The van der Waals surface area contributed by atoms with E-state index in [-0.39, 0.29) is 28.7 Å². The molecule has 0 bridgehead atoms. The summed E-state index contributed by atoms with van der Waals surface area (Å²) in [7, 11) is -2.39. The molecular formula is C15H18N2O5S. The third-order valence-corrected chi connectivity index (χ3v) is 4.46. The van der Waals surface area contributed by atoms with Crippen molar-refractivity contribution in [3.8, 4) is 5.75 Å². The molecule has 0 unspecified atom stereocenters. The van der Waals surface area contributed by atoms with Crippen molar-refractivity contribution < 1.29 is 22.4 Å². The van der Waals surface area contributed by atoms with Gasteiger partial charge in [0.1, 0.15) is 16.4 Å². The fourth-order valence-corrected chi connectivity index (χ4v) is 3.10. The van der Waals surface area contributed by atoms with Gasteiger partial charge in [0, 0.05) is 12.6 Å². The van der Waals surface area contributed by atoms with Gasteiger partial charge in [0.15, 0.2) is 0 Å². The smallest absolute Gasteiger partial charge is 0.251 e. The summed E-state index contributed by atoms with van der Waals surface area (Å²) in [5.41, 5.74) is 0.231. The van der Waals surface area contributed by atoms with Crippen LogP contribution in [-0.2, 0) is 16.6 Å². The SMILES string of the molecule is CCOc1ccc(C(=O)NC)cc1S(=O)(=O)NCc1ccco1. The molecule has 1 aromatic heterocycles. The molecule has 1 amide bonds. The summed E-state index contributed by atoms with van der Waals surface area (Å²) >= 11 is 0. The molecule has 0 aliphatic carbocycles. The Kier molecular flexibility index (Phi) is 5.41. The third kappa shape index (κ3) is 4.11. The number of carbonyl (C=O) groups is 1. The van der Waals surface area contributed by atoms with Crippen molar-refractivity contribution >= 4 is 15.9 Å². The van der Waals surface area contributed by atoms with E-state index in [2.05, 4.69) is 10.0 Å². The van der Waals surface area contributed by atoms with Crippen LogP contribution in [0.1, 0.15) is 23.0 Å². The molecule has 2 rings (SSSR count). The van der Waals surface area contributed by atoms with Crippen molar-refractivity contribution in [2.24, 2.45) is 0 Å². The van der Waals surface area contributed by atoms with Crippen LogP contribution in [0.25, 0.3) is 0 Å². The molecule has 1 heterocycles. The van der Waals surface area contributed by atoms with Crippen LogP contribution in [0.2, 0.25) is 0 Å². The second-order valence-corrected chi connectivity index (χ2v) is 6.31. The minimum atomic E-state index is -3.87. The van der Waals surface area contributed by atoms with E-state index >= 15 is 0 Å². The summed E-state index contributed by atoms with van der Waals surface area (Å²) in [6.45, 7) is 2.06. The third-order valence-electron chi connectivity index (χ3n) is 3.04.